The lowest BCUT2D eigenvalue weighted by molar-refractivity contribution is -0.117. The summed E-state index contributed by atoms with van der Waals surface area (Å²) in [4.78, 5) is 13.6. The molecule has 0 N–H and O–H groups in total. The zero-order chi connectivity index (χ0) is 18.0. The molecule has 1 aliphatic heterocycles. The van der Waals surface area contributed by atoms with Gasteiger partial charge in [-0.1, -0.05) is 6.07 Å². The van der Waals surface area contributed by atoms with Crippen LogP contribution in [0.15, 0.2) is 47.4 Å². The molecule has 2 aromatic rings. The van der Waals surface area contributed by atoms with Crippen molar-refractivity contribution in [1.29, 1.82) is 0 Å². The van der Waals surface area contributed by atoms with Crippen LogP contribution < -0.4 is 13.8 Å². The number of hydrogen-bond donors (Lipinski definition) is 0. The van der Waals surface area contributed by atoms with Crippen molar-refractivity contribution in [3.63, 3.8) is 0 Å². The minimum absolute atomic E-state index is 0.0580. The van der Waals surface area contributed by atoms with Crippen molar-refractivity contribution in [2.75, 3.05) is 18.6 Å². The van der Waals surface area contributed by atoms with E-state index >= 15 is 0 Å². The van der Waals surface area contributed by atoms with E-state index in [9.17, 15) is 13.2 Å². The molecule has 0 saturated carbocycles. The number of ether oxygens (including phenoxy) is 1. The summed E-state index contributed by atoms with van der Waals surface area (Å²) in [6.45, 7) is 2.34. The number of aryl methyl sites for hydroxylation is 1. The Balaban J connectivity index is 1.88. The summed E-state index contributed by atoms with van der Waals surface area (Å²) in [6.07, 6.45) is 1.34. The largest absolute Gasteiger partial charge is 0.497 e. The van der Waals surface area contributed by atoms with Crippen LogP contribution in [0.25, 0.3) is 0 Å². The molecule has 2 aromatic carbocycles. The molecule has 1 saturated heterocycles. The third-order valence-electron chi connectivity index (χ3n) is 4.06. The molecular weight excluding hydrogens is 342 g/mol. The van der Waals surface area contributed by atoms with Crippen LogP contribution in [0.3, 0.4) is 0 Å². The Morgan fingerprint density at radius 3 is 2.48 bits per heavy atom. The van der Waals surface area contributed by atoms with Crippen molar-refractivity contribution in [2.24, 2.45) is 0 Å². The second-order valence-corrected chi connectivity index (χ2v) is 7.33. The average molecular weight is 361 g/mol. The highest BCUT2D eigenvalue weighted by Crippen LogP contribution is 2.28. The van der Waals surface area contributed by atoms with Crippen LogP contribution in [-0.4, -0.2) is 28.0 Å². The molecule has 0 atom stereocenters. The molecular formula is C18H19NO5S. The van der Waals surface area contributed by atoms with Crippen molar-refractivity contribution in [1.82, 2.24) is 0 Å². The quantitative estimate of drug-likeness (QED) is 0.766. The fourth-order valence-electron chi connectivity index (χ4n) is 2.83. The Kier molecular flexibility index (Phi) is 4.67. The number of hydrogen-bond acceptors (Lipinski definition) is 5. The molecule has 3 rings (SSSR count). The van der Waals surface area contributed by atoms with Crippen LogP contribution in [0.2, 0.25) is 0 Å². The first kappa shape index (κ1) is 17.3. The van der Waals surface area contributed by atoms with Crippen molar-refractivity contribution >= 4 is 21.7 Å². The third-order valence-corrected chi connectivity index (χ3v) is 5.47. The molecule has 1 amide bonds. The van der Waals surface area contributed by atoms with Crippen molar-refractivity contribution in [3.05, 3.63) is 48.0 Å². The first-order chi connectivity index (χ1) is 11.9. The zero-order valence-corrected chi connectivity index (χ0v) is 14.9. The lowest BCUT2D eigenvalue weighted by Crippen LogP contribution is -2.24. The van der Waals surface area contributed by atoms with Gasteiger partial charge in [0.25, 0.3) is 0 Å². The Hall–Kier alpha value is -2.54. The molecule has 0 aliphatic carbocycles. The normalized spacial score (nSPS) is 14.6. The zero-order valence-electron chi connectivity index (χ0n) is 14.1. The second-order valence-electron chi connectivity index (χ2n) is 5.82. The summed E-state index contributed by atoms with van der Waals surface area (Å²) in [6, 6.07) is 11.2. The molecule has 0 bridgehead atoms. The summed E-state index contributed by atoms with van der Waals surface area (Å²) in [5.74, 6) is 0.743. The average Bonchev–Trinajstić information content (AvgIpc) is 3.00. The Labute approximate surface area is 147 Å². The van der Waals surface area contributed by atoms with E-state index < -0.39 is 10.1 Å². The number of carbonyl (C=O) groups is 1. The number of benzene rings is 2. The van der Waals surface area contributed by atoms with Crippen molar-refractivity contribution in [2.45, 2.75) is 24.7 Å². The molecule has 1 aliphatic rings. The molecule has 132 valence electrons. The minimum Gasteiger partial charge on any atom is -0.497 e. The van der Waals surface area contributed by atoms with Gasteiger partial charge in [0.15, 0.2) is 0 Å². The van der Waals surface area contributed by atoms with Crippen LogP contribution in [-0.2, 0) is 14.9 Å². The van der Waals surface area contributed by atoms with E-state index in [1.54, 1.807) is 42.2 Å². The Morgan fingerprint density at radius 2 is 1.84 bits per heavy atom. The molecule has 0 radical (unpaired) electrons. The van der Waals surface area contributed by atoms with Gasteiger partial charge in [-0.15, -0.1) is 0 Å². The number of rotatable bonds is 5. The fraction of sp³-hybridized carbons (Fsp3) is 0.278. The van der Waals surface area contributed by atoms with E-state index in [4.69, 9.17) is 8.92 Å². The third kappa shape index (κ3) is 3.61. The van der Waals surface area contributed by atoms with Gasteiger partial charge in [0.2, 0.25) is 5.91 Å². The topological polar surface area (TPSA) is 72.9 Å². The van der Waals surface area contributed by atoms with E-state index in [0.29, 0.717) is 30.0 Å². The Morgan fingerprint density at radius 1 is 1.08 bits per heavy atom. The van der Waals surface area contributed by atoms with E-state index in [2.05, 4.69) is 0 Å². The van der Waals surface area contributed by atoms with Crippen LogP contribution in [0, 0.1) is 6.92 Å². The summed E-state index contributed by atoms with van der Waals surface area (Å²) >= 11 is 0. The molecule has 7 heteroatoms. The summed E-state index contributed by atoms with van der Waals surface area (Å²) in [5.41, 5.74) is 1.24. The van der Waals surface area contributed by atoms with Crippen molar-refractivity contribution < 1.29 is 22.1 Å². The first-order valence-corrected chi connectivity index (χ1v) is 9.31. The van der Waals surface area contributed by atoms with Gasteiger partial charge in [0, 0.05) is 24.7 Å². The van der Waals surface area contributed by atoms with Crippen LogP contribution in [0.4, 0.5) is 5.69 Å². The maximum absolute atomic E-state index is 12.6. The maximum Gasteiger partial charge on any atom is 0.339 e. The number of amides is 1. The summed E-state index contributed by atoms with van der Waals surface area (Å²) in [7, 11) is -2.49. The van der Waals surface area contributed by atoms with E-state index in [-0.39, 0.29) is 16.6 Å². The lowest BCUT2D eigenvalue weighted by Gasteiger charge is -2.17. The lowest BCUT2D eigenvalue weighted by atomic mass is 10.2. The molecule has 0 unspecified atom stereocenters. The molecule has 0 aromatic heterocycles. The van der Waals surface area contributed by atoms with Crippen molar-refractivity contribution in [3.8, 4) is 11.5 Å². The predicted molar refractivity (Wildman–Crippen MR) is 93.6 cm³/mol. The summed E-state index contributed by atoms with van der Waals surface area (Å²) < 4.78 is 35.4. The van der Waals surface area contributed by atoms with Gasteiger partial charge < -0.3 is 13.8 Å². The van der Waals surface area contributed by atoms with Gasteiger partial charge in [-0.2, -0.15) is 8.42 Å². The number of nitrogens with zero attached hydrogens (tertiary/aromatic N) is 1. The van der Waals surface area contributed by atoms with E-state index in [1.165, 1.54) is 19.2 Å². The van der Waals surface area contributed by atoms with Gasteiger partial charge >= 0.3 is 10.1 Å². The number of carbonyl (C=O) groups excluding carboxylic acids is 1. The standard InChI is InChI=1S/C18H19NO5S/c1-13-11-14(19-10-4-7-18(19)20)8-9-17(13)25(21,22)24-16-6-3-5-15(12-16)23-2/h3,5-6,8-9,11-12H,4,7,10H2,1-2H3. The van der Waals surface area contributed by atoms with E-state index in [1.807, 2.05) is 0 Å². The smallest absolute Gasteiger partial charge is 0.339 e. The number of methoxy groups -OCH3 is 1. The fourth-order valence-corrected chi connectivity index (χ4v) is 3.96. The van der Waals surface area contributed by atoms with Gasteiger partial charge in [0.05, 0.1) is 7.11 Å². The SMILES string of the molecule is COc1cccc(OS(=O)(=O)c2ccc(N3CCCC3=O)cc2C)c1. The van der Waals surface area contributed by atoms with Gasteiger partial charge in [0.1, 0.15) is 16.4 Å². The number of anilines is 1. The predicted octanol–water partition coefficient (Wildman–Crippen LogP) is 2.90. The highest BCUT2D eigenvalue weighted by atomic mass is 32.2. The molecule has 0 spiro atoms. The molecule has 25 heavy (non-hydrogen) atoms. The van der Waals surface area contributed by atoms with Crippen LogP contribution >= 0.6 is 0 Å². The molecule has 1 fully saturated rings. The highest BCUT2D eigenvalue weighted by Gasteiger charge is 2.24. The van der Waals surface area contributed by atoms with Gasteiger partial charge in [-0.05, 0) is 49.2 Å². The minimum atomic E-state index is -3.98. The maximum atomic E-state index is 12.6. The van der Waals surface area contributed by atoms with Gasteiger partial charge in [-0.3, -0.25) is 4.79 Å². The highest BCUT2D eigenvalue weighted by molar-refractivity contribution is 7.87. The second kappa shape index (κ2) is 6.76. The van der Waals surface area contributed by atoms with Crippen LogP contribution in [0.5, 0.6) is 11.5 Å². The van der Waals surface area contributed by atoms with Crippen LogP contribution in [0.1, 0.15) is 18.4 Å². The van der Waals surface area contributed by atoms with E-state index in [0.717, 1.165) is 6.42 Å². The Bertz CT molecular complexity index is 907. The molecule has 6 nitrogen and oxygen atoms in total. The summed E-state index contributed by atoms with van der Waals surface area (Å²) in [5, 5.41) is 0. The monoisotopic (exact) mass is 361 g/mol. The van der Waals surface area contributed by atoms with Gasteiger partial charge in [-0.25, -0.2) is 0 Å². The molecule has 1 heterocycles. The first-order valence-electron chi connectivity index (χ1n) is 7.90.